The van der Waals surface area contributed by atoms with Crippen molar-refractivity contribution < 1.29 is 13.6 Å². The van der Waals surface area contributed by atoms with Crippen LogP contribution in [0.15, 0.2) is 41.3 Å². The number of amides is 1. The molecule has 156 valence electrons. The van der Waals surface area contributed by atoms with Crippen molar-refractivity contribution in [3.8, 4) is 0 Å². The predicted molar refractivity (Wildman–Crippen MR) is 110 cm³/mol. The highest BCUT2D eigenvalue weighted by Gasteiger charge is 2.27. The Morgan fingerprint density at radius 2 is 1.80 bits per heavy atom. The molecule has 0 saturated heterocycles. The van der Waals surface area contributed by atoms with Crippen molar-refractivity contribution in [2.24, 2.45) is 5.73 Å². The van der Waals surface area contributed by atoms with Crippen molar-refractivity contribution in [1.82, 2.24) is 9.97 Å². The normalized spacial score (nSPS) is 16.3. The summed E-state index contributed by atoms with van der Waals surface area (Å²) in [5.74, 6) is -1.36. The quantitative estimate of drug-likeness (QED) is 0.664. The zero-order valence-corrected chi connectivity index (χ0v) is 16.5. The van der Waals surface area contributed by atoms with Gasteiger partial charge in [0.1, 0.15) is 5.69 Å². The maximum atomic E-state index is 12.9. The minimum absolute atomic E-state index is 0.0386. The highest BCUT2D eigenvalue weighted by atomic mass is 19.2. The number of rotatable bonds is 3. The van der Waals surface area contributed by atoms with Crippen LogP contribution in [0.2, 0.25) is 0 Å². The van der Waals surface area contributed by atoms with E-state index in [-0.39, 0.29) is 22.4 Å². The maximum Gasteiger partial charge on any atom is 0.268 e. The second-order valence-electron chi connectivity index (χ2n) is 7.93. The first kappa shape index (κ1) is 20.2. The number of nitrogens with one attached hydrogen (secondary N) is 1. The van der Waals surface area contributed by atoms with Gasteiger partial charge in [0.2, 0.25) is 0 Å². The highest BCUT2D eigenvalue weighted by Crippen LogP contribution is 2.41. The standard InChI is InChI=1S/C14H15N3O2.C9H8F2/c15-14(19)13-12-9(5-6-16-13)17-10(7-11(12)18)8-3-1-2-4-8;10-8-3-1-2-7(9(8)11)6-4-5-6/h5-8H,1-4H2,(H2,15,19)(H,17,18);1-3,6H,4-5H2. The third-order valence-electron chi connectivity index (χ3n) is 5.79. The van der Waals surface area contributed by atoms with E-state index in [1.807, 2.05) is 0 Å². The minimum Gasteiger partial charge on any atom is -0.364 e. The lowest BCUT2D eigenvalue weighted by molar-refractivity contribution is 0.0997. The zero-order valence-electron chi connectivity index (χ0n) is 16.5. The van der Waals surface area contributed by atoms with Crippen LogP contribution in [0.5, 0.6) is 0 Å². The SMILES string of the molecule is Fc1cccc(C2CC2)c1F.NC(=O)c1nccc2[nH]c(C3CCCC3)cc(=O)c12. The summed E-state index contributed by atoms with van der Waals surface area (Å²) >= 11 is 0. The Morgan fingerprint density at radius 1 is 1.07 bits per heavy atom. The van der Waals surface area contributed by atoms with Crippen molar-refractivity contribution in [2.45, 2.75) is 50.4 Å². The number of aromatic nitrogens is 2. The number of hydrogen-bond acceptors (Lipinski definition) is 3. The molecule has 5 nitrogen and oxygen atoms in total. The molecule has 3 N–H and O–H groups in total. The fourth-order valence-corrected chi connectivity index (χ4v) is 4.09. The molecule has 0 atom stereocenters. The Hall–Kier alpha value is -3.09. The number of nitrogens with two attached hydrogens (primary N) is 1. The van der Waals surface area contributed by atoms with Gasteiger partial charge in [-0.3, -0.25) is 14.6 Å². The second kappa shape index (κ2) is 8.34. The van der Waals surface area contributed by atoms with Crippen LogP contribution in [0.3, 0.4) is 0 Å². The molecule has 2 saturated carbocycles. The Labute approximate surface area is 172 Å². The first-order valence-corrected chi connectivity index (χ1v) is 10.2. The first-order chi connectivity index (χ1) is 14.5. The molecule has 0 radical (unpaired) electrons. The molecule has 2 aromatic heterocycles. The highest BCUT2D eigenvalue weighted by molar-refractivity contribution is 6.03. The molecule has 0 spiro atoms. The molecule has 1 amide bonds. The summed E-state index contributed by atoms with van der Waals surface area (Å²) in [6, 6.07) is 7.68. The molecule has 2 heterocycles. The Morgan fingerprint density at radius 3 is 2.47 bits per heavy atom. The summed E-state index contributed by atoms with van der Waals surface area (Å²) in [6.45, 7) is 0. The fraction of sp³-hybridized carbons (Fsp3) is 0.348. The van der Waals surface area contributed by atoms with E-state index in [4.69, 9.17) is 5.73 Å². The molecule has 30 heavy (non-hydrogen) atoms. The molecule has 2 fully saturated rings. The maximum absolute atomic E-state index is 12.9. The lowest BCUT2D eigenvalue weighted by Crippen LogP contribution is -2.18. The average molecular weight is 411 g/mol. The number of halogens is 2. The number of benzene rings is 1. The van der Waals surface area contributed by atoms with Gasteiger partial charge in [-0.2, -0.15) is 0 Å². The van der Waals surface area contributed by atoms with E-state index in [0.717, 1.165) is 37.4 Å². The Bertz CT molecular complexity index is 1150. The first-order valence-electron chi connectivity index (χ1n) is 10.2. The van der Waals surface area contributed by atoms with Crippen LogP contribution < -0.4 is 11.2 Å². The molecule has 5 rings (SSSR count). The smallest absolute Gasteiger partial charge is 0.268 e. The second-order valence-corrected chi connectivity index (χ2v) is 7.93. The Balaban J connectivity index is 0.000000168. The molecule has 2 aliphatic rings. The minimum atomic E-state index is -0.727. The van der Waals surface area contributed by atoms with Gasteiger partial charge in [-0.05, 0) is 55.2 Å². The van der Waals surface area contributed by atoms with E-state index in [9.17, 15) is 18.4 Å². The molecular formula is C23H23F2N3O2. The average Bonchev–Trinajstić information content (AvgIpc) is 3.42. The van der Waals surface area contributed by atoms with E-state index >= 15 is 0 Å². The van der Waals surface area contributed by atoms with Crippen molar-refractivity contribution in [1.29, 1.82) is 0 Å². The molecule has 3 aromatic rings. The van der Waals surface area contributed by atoms with Crippen LogP contribution >= 0.6 is 0 Å². The molecule has 2 aliphatic carbocycles. The monoisotopic (exact) mass is 411 g/mol. The number of aromatic amines is 1. The number of nitrogens with zero attached hydrogens (tertiary/aromatic N) is 1. The van der Waals surface area contributed by atoms with Gasteiger partial charge in [-0.1, -0.05) is 25.0 Å². The van der Waals surface area contributed by atoms with E-state index < -0.39 is 17.5 Å². The number of carbonyl (C=O) groups is 1. The third kappa shape index (κ3) is 4.10. The van der Waals surface area contributed by atoms with Crippen molar-refractivity contribution in [3.63, 3.8) is 0 Å². The largest absolute Gasteiger partial charge is 0.364 e. The van der Waals surface area contributed by atoms with Crippen LogP contribution in [-0.2, 0) is 0 Å². The number of fused-ring (bicyclic) bond motifs is 1. The van der Waals surface area contributed by atoms with Crippen LogP contribution in [0.4, 0.5) is 8.78 Å². The molecule has 7 heteroatoms. The Kier molecular flexibility index (Phi) is 5.61. The summed E-state index contributed by atoms with van der Waals surface area (Å²) in [5.41, 5.74) is 7.25. The van der Waals surface area contributed by atoms with Gasteiger partial charge in [-0.15, -0.1) is 0 Å². The van der Waals surface area contributed by atoms with Crippen molar-refractivity contribution in [3.05, 3.63) is 75.3 Å². The van der Waals surface area contributed by atoms with Crippen LogP contribution in [0, 0.1) is 11.6 Å². The lowest BCUT2D eigenvalue weighted by Gasteiger charge is -2.11. The van der Waals surface area contributed by atoms with Gasteiger partial charge in [0.15, 0.2) is 17.1 Å². The summed E-state index contributed by atoms with van der Waals surface area (Å²) in [7, 11) is 0. The lowest BCUT2D eigenvalue weighted by atomic mass is 10.0. The van der Waals surface area contributed by atoms with Gasteiger partial charge in [-0.25, -0.2) is 8.78 Å². The topological polar surface area (TPSA) is 88.8 Å². The summed E-state index contributed by atoms with van der Waals surface area (Å²) in [5, 5.41) is 0.289. The molecular weight excluding hydrogens is 388 g/mol. The van der Waals surface area contributed by atoms with Gasteiger partial charge in [0.25, 0.3) is 5.91 Å². The summed E-state index contributed by atoms with van der Waals surface area (Å²) in [6.07, 6.45) is 8.11. The molecule has 1 aromatic carbocycles. The molecule has 0 aliphatic heterocycles. The van der Waals surface area contributed by atoms with Crippen LogP contribution in [-0.4, -0.2) is 15.9 Å². The summed E-state index contributed by atoms with van der Waals surface area (Å²) in [4.78, 5) is 30.7. The number of hydrogen-bond donors (Lipinski definition) is 2. The number of pyridine rings is 2. The summed E-state index contributed by atoms with van der Waals surface area (Å²) < 4.78 is 25.5. The van der Waals surface area contributed by atoms with E-state index in [0.29, 0.717) is 17.0 Å². The van der Waals surface area contributed by atoms with Crippen molar-refractivity contribution in [2.75, 3.05) is 0 Å². The predicted octanol–water partition coefficient (Wildman–Crippen LogP) is 4.52. The molecule has 0 unspecified atom stereocenters. The van der Waals surface area contributed by atoms with Gasteiger partial charge in [0, 0.05) is 18.0 Å². The third-order valence-corrected chi connectivity index (χ3v) is 5.79. The number of H-pyrrole nitrogens is 1. The van der Waals surface area contributed by atoms with Crippen molar-refractivity contribution >= 4 is 16.8 Å². The van der Waals surface area contributed by atoms with Crippen LogP contribution in [0.1, 0.15) is 72.1 Å². The van der Waals surface area contributed by atoms with Gasteiger partial charge in [0.05, 0.1) is 10.9 Å². The van der Waals surface area contributed by atoms with Crippen LogP contribution in [0.25, 0.3) is 10.9 Å². The van der Waals surface area contributed by atoms with E-state index in [1.54, 1.807) is 24.3 Å². The van der Waals surface area contributed by atoms with Gasteiger partial charge >= 0.3 is 0 Å². The number of carbonyl (C=O) groups excluding carboxylic acids is 1. The fourth-order valence-electron chi connectivity index (χ4n) is 4.09. The zero-order chi connectivity index (χ0) is 21.3. The molecule has 0 bridgehead atoms. The van der Waals surface area contributed by atoms with E-state index in [2.05, 4.69) is 9.97 Å². The number of primary amides is 1. The van der Waals surface area contributed by atoms with E-state index in [1.165, 1.54) is 19.0 Å². The van der Waals surface area contributed by atoms with Gasteiger partial charge < -0.3 is 10.7 Å².